The molecular formula is C14H15BrFNO. The summed E-state index contributed by atoms with van der Waals surface area (Å²) < 4.78 is 19.9. The lowest BCUT2D eigenvalue weighted by atomic mass is 10.0. The maximum absolute atomic E-state index is 13.4. The molecule has 0 fully saturated rings. The van der Waals surface area contributed by atoms with Gasteiger partial charge in [-0.05, 0) is 42.9 Å². The Morgan fingerprint density at radius 3 is 2.72 bits per heavy atom. The van der Waals surface area contributed by atoms with E-state index in [0.717, 1.165) is 28.0 Å². The Balaban J connectivity index is 2.41. The number of hydrogen-bond acceptors (Lipinski definition) is 2. The molecule has 1 N–H and O–H groups in total. The van der Waals surface area contributed by atoms with Gasteiger partial charge in [0.05, 0.1) is 6.04 Å². The third-order valence-electron chi connectivity index (χ3n) is 2.87. The first-order valence-corrected chi connectivity index (χ1v) is 6.65. The van der Waals surface area contributed by atoms with E-state index in [9.17, 15) is 4.39 Å². The van der Waals surface area contributed by atoms with E-state index < -0.39 is 0 Å². The number of furan rings is 1. The number of halogens is 2. The van der Waals surface area contributed by atoms with Crippen LogP contribution in [0.5, 0.6) is 0 Å². The van der Waals surface area contributed by atoms with Crippen molar-refractivity contribution in [3.63, 3.8) is 0 Å². The van der Waals surface area contributed by atoms with Crippen molar-refractivity contribution in [1.29, 1.82) is 0 Å². The molecule has 1 aromatic heterocycles. The standard InChI is InChI=1S/C14H15BrFNO/c1-3-10-5-7-13(18-10)14(17-2)11-8-9(16)4-6-12(11)15/h4-8,14,17H,3H2,1-2H3. The Labute approximate surface area is 114 Å². The van der Waals surface area contributed by atoms with Crippen molar-refractivity contribution in [2.75, 3.05) is 7.05 Å². The van der Waals surface area contributed by atoms with Gasteiger partial charge >= 0.3 is 0 Å². The second-order valence-electron chi connectivity index (χ2n) is 4.05. The van der Waals surface area contributed by atoms with Crippen LogP contribution in [0, 0.1) is 5.82 Å². The third-order valence-corrected chi connectivity index (χ3v) is 3.60. The summed E-state index contributed by atoms with van der Waals surface area (Å²) in [6.07, 6.45) is 0.848. The fourth-order valence-electron chi connectivity index (χ4n) is 1.93. The SMILES string of the molecule is CCc1ccc(C(NC)c2cc(F)ccc2Br)o1. The monoisotopic (exact) mass is 311 g/mol. The lowest BCUT2D eigenvalue weighted by Gasteiger charge is -2.16. The predicted octanol–water partition coefficient (Wildman–Crippen LogP) is 4.05. The molecule has 2 nitrogen and oxygen atoms in total. The first kappa shape index (κ1) is 13.3. The van der Waals surface area contributed by atoms with Crippen molar-refractivity contribution in [2.24, 2.45) is 0 Å². The number of nitrogens with one attached hydrogen (secondary N) is 1. The van der Waals surface area contributed by atoms with E-state index in [-0.39, 0.29) is 11.9 Å². The molecule has 0 amide bonds. The Bertz CT molecular complexity index is 538. The van der Waals surface area contributed by atoms with Gasteiger partial charge in [-0.3, -0.25) is 0 Å². The minimum atomic E-state index is -0.254. The molecule has 18 heavy (non-hydrogen) atoms. The molecule has 1 aromatic carbocycles. The van der Waals surface area contributed by atoms with Crippen LogP contribution >= 0.6 is 15.9 Å². The molecule has 0 spiro atoms. The van der Waals surface area contributed by atoms with Gasteiger partial charge in [-0.2, -0.15) is 0 Å². The van der Waals surface area contributed by atoms with Crippen molar-refractivity contribution >= 4 is 15.9 Å². The topological polar surface area (TPSA) is 25.2 Å². The van der Waals surface area contributed by atoms with E-state index in [0.29, 0.717) is 0 Å². The van der Waals surface area contributed by atoms with Crippen LogP contribution in [-0.4, -0.2) is 7.05 Å². The molecule has 1 unspecified atom stereocenters. The van der Waals surface area contributed by atoms with Crippen molar-refractivity contribution in [3.05, 3.63) is 57.7 Å². The van der Waals surface area contributed by atoms with Crippen LogP contribution in [0.1, 0.15) is 30.0 Å². The minimum Gasteiger partial charge on any atom is -0.464 e. The summed E-state index contributed by atoms with van der Waals surface area (Å²) >= 11 is 3.44. The molecule has 0 radical (unpaired) electrons. The Kier molecular flexibility index (Phi) is 4.19. The van der Waals surface area contributed by atoms with Crippen LogP contribution in [0.2, 0.25) is 0 Å². The average Bonchev–Trinajstić information content (AvgIpc) is 2.83. The fourth-order valence-corrected chi connectivity index (χ4v) is 2.40. The summed E-state index contributed by atoms with van der Waals surface area (Å²) in [7, 11) is 1.83. The van der Waals surface area contributed by atoms with Gasteiger partial charge < -0.3 is 9.73 Å². The molecule has 0 aliphatic heterocycles. The normalized spacial score (nSPS) is 12.7. The van der Waals surface area contributed by atoms with E-state index in [4.69, 9.17) is 4.42 Å². The maximum Gasteiger partial charge on any atom is 0.125 e. The minimum absolute atomic E-state index is 0.157. The molecule has 1 atom stereocenters. The van der Waals surface area contributed by atoms with Gasteiger partial charge in [0.2, 0.25) is 0 Å². The Morgan fingerprint density at radius 1 is 1.33 bits per heavy atom. The van der Waals surface area contributed by atoms with Gasteiger partial charge in [-0.25, -0.2) is 4.39 Å². The van der Waals surface area contributed by atoms with Crippen LogP contribution in [0.4, 0.5) is 4.39 Å². The number of aryl methyl sites for hydroxylation is 1. The molecule has 0 bridgehead atoms. The summed E-state index contributed by atoms with van der Waals surface area (Å²) in [6.45, 7) is 2.04. The van der Waals surface area contributed by atoms with E-state index in [1.165, 1.54) is 12.1 Å². The molecule has 2 aromatic rings. The van der Waals surface area contributed by atoms with Crippen LogP contribution in [0.3, 0.4) is 0 Å². The smallest absolute Gasteiger partial charge is 0.125 e. The Hall–Kier alpha value is -1.13. The highest BCUT2D eigenvalue weighted by molar-refractivity contribution is 9.10. The average molecular weight is 312 g/mol. The number of hydrogen-bond donors (Lipinski definition) is 1. The first-order chi connectivity index (χ1) is 8.65. The summed E-state index contributed by atoms with van der Waals surface area (Å²) in [6, 6.07) is 8.37. The summed E-state index contributed by atoms with van der Waals surface area (Å²) in [5.41, 5.74) is 0.828. The van der Waals surface area contributed by atoms with E-state index in [1.54, 1.807) is 6.07 Å². The van der Waals surface area contributed by atoms with E-state index in [2.05, 4.69) is 21.2 Å². The second kappa shape index (κ2) is 5.67. The zero-order valence-electron chi connectivity index (χ0n) is 10.3. The Morgan fingerprint density at radius 2 is 2.11 bits per heavy atom. The molecular weight excluding hydrogens is 297 g/mol. The number of rotatable bonds is 4. The van der Waals surface area contributed by atoms with Gasteiger partial charge in [-0.1, -0.05) is 22.9 Å². The largest absolute Gasteiger partial charge is 0.464 e. The highest BCUT2D eigenvalue weighted by atomic mass is 79.9. The van der Waals surface area contributed by atoms with Crippen molar-refractivity contribution in [1.82, 2.24) is 5.32 Å². The molecule has 4 heteroatoms. The van der Waals surface area contributed by atoms with Crippen molar-refractivity contribution < 1.29 is 8.81 Å². The van der Waals surface area contributed by atoms with E-state index >= 15 is 0 Å². The van der Waals surface area contributed by atoms with Crippen molar-refractivity contribution in [2.45, 2.75) is 19.4 Å². The van der Waals surface area contributed by atoms with Gasteiger partial charge in [-0.15, -0.1) is 0 Å². The molecule has 2 rings (SSSR count). The highest BCUT2D eigenvalue weighted by Crippen LogP contribution is 2.30. The molecule has 0 aliphatic carbocycles. The highest BCUT2D eigenvalue weighted by Gasteiger charge is 2.19. The third kappa shape index (κ3) is 2.65. The quantitative estimate of drug-likeness (QED) is 0.921. The number of benzene rings is 1. The molecule has 0 saturated carbocycles. The fraction of sp³-hybridized carbons (Fsp3) is 0.286. The van der Waals surface area contributed by atoms with Crippen LogP contribution in [0.15, 0.2) is 39.2 Å². The second-order valence-corrected chi connectivity index (χ2v) is 4.90. The van der Waals surface area contributed by atoms with Gasteiger partial charge in [0.15, 0.2) is 0 Å². The van der Waals surface area contributed by atoms with Crippen LogP contribution < -0.4 is 5.32 Å². The maximum atomic E-state index is 13.4. The van der Waals surface area contributed by atoms with Gasteiger partial charge in [0, 0.05) is 10.9 Å². The summed E-state index contributed by atoms with van der Waals surface area (Å²) in [4.78, 5) is 0. The lowest BCUT2D eigenvalue weighted by Crippen LogP contribution is -2.17. The molecule has 96 valence electrons. The molecule has 0 saturated heterocycles. The van der Waals surface area contributed by atoms with Gasteiger partial charge in [0.25, 0.3) is 0 Å². The molecule has 0 aliphatic rings. The lowest BCUT2D eigenvalue weighted by molar-refractivity contribution is 0.432. The summed E-state index contributed by atoms with van der Waals surface area (Å²) in [5, 5.41) is 3.15. The summed E-state index contributed by atoms with van der Waals surface area (Å²) in [5.74, 6) is 1.47. The van der Waals surface area contributed by atoms with Crippen LogP contribution in [0.25, 0.3) is 0 Å². The first-order valence-electron chi connectivity index (χ1n) is 5.86. The van der Waals surface area contributed by atoms with Crippen molar-refractivity contribution in [3.8, 4) is 0 Å². The van der Waals surface area contributed by atoms with Crippen LogP contribution in [-0.2, 0) is 6.42 Å². The van der Waals surface area contributed by atoms with Gasteiger partial charge in [0.1, 0.15) is 17.3 Å². The predicted molar refractivity (Wildman–Crippen MR) is 73.1 cm³/mol. The van der Waals surface area contributed by atoms with E-state index in [1.807, 2.05) is 26.1 Å². The zero-order chi connectivity index (χ0) is 13.1. The zero-order valence-corrected chi connectivity index (χ0v) is 11.9. The molecule has 1 heterocycles.